The Morgan fingerprint density at radius 3 is 2.63 bits per heavy atom. The van der Waals surface area contributed by atoms with Crippen LogP contribution in [0.3, 0.4) is 0 Å². The van der Waals surface area contributed by atoms with Gasteiger partial charge >= 0.3 is 5.97 Å². The average molecular weight is 424 g/mol. The molecule has 0 radical (unpaired) electrons. The zero-order chi connectivity index (χ0) is 21.1. The van der Waals surface area contributed by atoms with Gasteiger partial charge < -0.3 is 20.2 Å². The molecule has 0 unspecified atom stereocenters. The summed E-state index contributed by atoms with van der Waals surface area (Å²) in [6.45, 7) is -0.505. The van der Waals surface area contributed by atoms with Gasteiger partial charge in [-0.25, -0.2) is 4.79 Å². The normalized spacial score (nSPS) is 12.8. The zero-order valence-corrected chi connectivity index (χ0v) is 16.9. The van der Waals surface area contributed by atoms with Crippen molar-refractivity contribution in [3.05, 3.63) is 64.4 Å². The van der Waals surface area contributed by atoms with E-state index in [1.165, 1.54) is 17.6 Å². The van der Waals surface area contributed by atoms with Gasteiger partial charge in [-0.2, -0.15) is 0 Å². The Kier molecular flexibility index (Phi) is 5.67. The number of rotatable bonds is 6. The number of anilines is 1. The van der Waals surface area contributed by atoms with Crippen LogP contribution >= 0.6 is 11.3 Å². The van der Waals surface area contributed by atoms with Crippen molar-refractivity contribution < 1.29 is 23.5 Å². The number of hydrogen-bond donors (Lipinski definition) is 2. The molecule has 0 spiro atoms. The minimum atomic E-state index is -0.741. The Morgan fingerprint density at radius 2 is 1.87 bits per heavy atom. The van der Waals surface area contributed by atoms with Crippen molar-refractivity contribution in [3.63, 3.8) is 0 Å². The molecule has 0 saturated heterocycles. The number of fused-ring (bicyclic) bond motifs is 1. The monoisotopic (exact) mass is 424 g/mol. The Morgan fingerprint density at radius 1 is 1.10 bits per heavy atom. The quantitative estimate of drug-likeness (QED) is 0.585. The van der Waals surface area contributed by atoms with Crippen molar-refractivity contribution in [2.75, 3.05) is 11.9 Å². The van der Waals surface area contributed by atoms with Gasteiger partial charge in [-0.15, -0.1) is 11.3 Å². The Labute approximate surface area is 176 Å². The summed E-state index contributed by atoms with van der Waals surface area (Å²) in [6.07, 6.45) is 5.07. The van der Waals surface area contributed by atoms with E-state index < -0.39 is 24.4 Å². The number of furan rings is 1. The van der Waals surface area contributed by atoms with E-state index in [0.717, 1.165) is 41.7 Å². The summed E-state index contributed by atoms with van der Waals surface area (Å²) in [5.41, 5.74) is 8.22. The van der Waals surface area contributed by atoms with Gasteiger partial charge in [0.05, 0.1) is 11.8 Å². The molecule has 4 rings (SSSR count). The predicted octanol–water partition coefficient (Wildman–Crippen LogP) is 3.78. The van der Waals surface area contributed by atoms with Gasteiger partial charge in [0, 0.05) is 10.4 Å². The molecular formula is C22H20N2O5S. The number of carbonyl (C=O) groups excluding carboxylic acids is 3. The molecule has 3 N–H and O–H groups in total. The van der Waals surface area contributed by atoms with Crippen molar-refractivity contribution in [2.24, 2.45) is 5.73 Å². The zero-order valence-electron chi connectivity index (χ0n) is 16.1. The lowest BCUT2D eigenvalue weighted by atomic mass is 9.95. The van der Waals surface area contributed by atoms with Gasteiger partial charge in [0.25, 0.3) is 11.8 Å². The molecule has 0 saturated carbocycles. The van der Waals surface area contributed by atoms with Crippen LogP contribution in [-0.4, -0.2) is 24.4 Å². The minimum Gasteiger partial charge on any atom is -0.457 e. The second kappa shape index (κ2) is 8.54. The van der Waals surface area contributed by atoms with Gasteiger partial charge in [0.1, 0.15) is 5.00 Å². The smallest absolute Gasteiger partial charge is 0.375 e. The van der Waals surface area contributed by atoms with Crippen LogP contribution in [0.15, 0.2) is 47.1 Å². The predicted molar refractivity (Wildman–Crippen MR) is 113 cm³/mol. The van der Waals surface area contributed by atoms with Crippen LogP contribution in [-0.2, 0) is 22.4 Å². The van der Waals surface area contributed by atoms with E-state index in [1.54, 1.807) is 6.07 Å². The molecule has 154 valence electrons. The molecule has 30 heavy (non-hydrogen) atoms. The number of ether oxygens (including phenoxy) is 1. The van der Waals surface area contributed by atoms with Crippen molar-refractivity contribution in [1.82, 2.24) is 0 Å². The van der Waals surface area contributed by atoms with E-state index in [-0.39, 0.29) is 5.76 Å². The highest BCUT2D eigenvalue weighted by atomic mass is 32.1. The number of thiophene rings is 1. The van der Waals surface area contributed by atoms with Crippen LogP contribution in [0, 0.1) is 0 Å². The molecule has 7 nitrogen and oxygen atoms in total. The van der Waals surface area contributed by atoms with Gasteiger partial charge in [-0.1, -0.05) is 30.3 Å². The summed E-state index contributed by atoms with van der Waals surface area (Å²) in [5.74, 6) is -1.82. The molecule has 1 aromatic carbocycles. The number of nitrogens with one attached hydrogen (secondary N) is 1. The fourth-order valence-electron chi connectivity index (χ4n) is 3.59. The Balaban J connectivity index is 1.43. The van der Waals surface area contributed by atoms with E-state index in [4.69, 9.17) is 14.9 Å². The highest BCUT2D eigenvalue weighted by molar-refractivity contribution is 7.17. The lowest BCUT2D eigenvalue weighted by molar-refractivity contribution is -0.119. The standard InChI is InChI=1S/C22H20N2O5S/c23-20(26)18-15-8-4-5-9-16(15)30-21(18)24-17(25)12-29-22(27)19-14(10-11-28-19)13-6-2-1-3-7-13/h1-3,6-7,10-11H,4-5,8-9,12H2,(H2,23,26)(H,24,25). The van der Waals surface area contributed by atoms with Crippen LogP contribution in [0.5, 0.6) is 0 Å². The number of esters is 1. The van der Waals surface area contributed by atoms with Crippen molar-refractivity contribution in [1.29, 1.82) is 0 Å². The van der Waals surface area contributed by atoms with Gasteiger partial charge in [-0.3, -0.25) is 9.59 Å². The number of benzene rings is 1. The number of carbonyl (C=O) groups is 3. The molecule has 0 fully saturated rings. The fourth-order valence-corrected chi connectivity index (χ4v) is 4.90. The van der Waals surface area contributed by atoms with Gasteiger partial charge in [0.2, 0.25) is 5.76 Å². The van der Waals surface area contributed by atoms with E-state index in [2.05, 4.69) is 5.32 Å². The molecule has 1 aliphatic carbocycles. The van der Waals surface area contributed by atoms with E-state index in [0.29, 0.717) is 16.1 Å². The molecule has 2 heterocycles. The van der Waals surface area contributed by atoms with E-state index >= 15 is 0 Å². The lowest BCUT2D eigenvalue weighted by Crippen LogP contribution is -2.23. The van der Waals surface area contributed by atoms with Crippen LogP contribution in [0.1, 0.15) is 44.2 Å². The molecule has 0 bridgehead atoms. The van der Waals surface area contributed by atoms with Crippen LogP contribution < -0.4 is 11.1 Å². The SMILES string of the molecule is NC(=O)c1c(NC(=O)COC(=O)c2occc2-c2ccccc2)sc2c1CCCC2. The molecule has 2 aromatic heterocycles. The fraction of sp³-hybridized carbons (Fsp3) is 0.227. The second-order valence-corrected chi connectivity index (χ2v) is 8.04. The first kappa shape index (κ1) is 19.9. The molecule has 1 aliphatic rings. The number of nitrogens with two attached hydrogens (primary N) is 1. The van der Waals surface area contributed by atoms with Crippen LogP contribution in [0.25, 0.3) is 11.1 Å². The van der Waals surface area contributed by atoms with Crippen LogP contribution in [0.4, 0.5) is 5.00 Å². The Hall–Kier alpha value is -3.39. The number of aryl methyl sites for hydroxylation is 1. The largest absolute Gasteiger partial charge is 0.457 e. The van der Waals surface area contributed by atoms with Crippen molar-refractivity contribution in [3.8, 4) is 11.1 Å². The second-order valence-electron chi connectivity index (χ2n) is 6.93. The van der Waals surface area contributed by atoms with Gasteiger partial charge in [0.15, 0.2) is 6.61 Å². The van der Waals surface area contributed by atoms with E-state index in [9.17, 15) is 14.4 Å². The number of amides is 2. The average Bonchev–Trinajstić information content (AvgIpc) is 3.37. The molecule has 3 aromatic rings. The third kappa shape index (κ3) is 3.99. The number of primary amides is 1. The summed E-state index contributed by atoms with van der Waals surface area (Å²) in [6, 6.07) is 10.9. The minimum absolute atomic E-state index is 0.0263. The summed E-state index contributed by atoms with van der Waals surface area (Å²) in [5, 5.41) is 3.08. The van der Waals surface area contributed by atoms with E-state index in [1.807, 2.05) is 30.3 Å². The first-order chi connectivity index (χ1) is 14.5. The number of hydrogen-bond acceptors (Lipinski definition) is 6. The third-order valence-corrected chi connectivity index (χ3v) is 6.15. The summed E-state index contributed by atoms with van der Waals surface area (Å²) < 4.78 is 10.4. The summed E-state index contributed by atoms with van der Waals surface area (Å²) >= 11 is 1.36. The maximum atomic E-state index is 12.4. The van der Waals surface area contributed by atoms with Gasteiger partial charge in [-0.05, 0) is 42.9 Å². The first-order valence-corrected chi connectivity index (χ1v) is 10.4. The van der Waals surface area contributed by atoms with Crippen molar-refractivity contribution >= 4 is 34.1 Å². The topological polar surface area (TPSA) is 112 Å². The molecular weight excluding hydrogens is 404 g/mol. The first-order valence-electron chi connectivity index (χ1n) is 9.59. The molecule has 0 atom stereocenters. The highest BCUT2D eigenvalue weighted by Crippen LogP contribution is 2.37. The highest BCUT2D eigenvalue weighted by Gasteiger charge is 2.25. The Bertz CT molecular complexity index is 1100. The van der Waals surface area contributed by atoms with Crippen molar-refractivity contribution in [2.45, 2.75) is 25.7 Å². The molecule has 0 aliphatic heterocycles. The van der Waals surface area contributed by atoms with Crippen LogP contribution in [0.2, 0.25) is 0 Å². The maximum Gasteiger partial charge on any atom is 0.375 e. The summed E-state index contributed by atoms with van der Waals surface area (Å²) in [7, 11) is 0. The lowest BCUT2D eigenvalue weighted by Gasteiger charge is -2.11. The third-order valence-electron chi connectivity index (χ3n) is 4.94. The maximum absolute atomic E-state index is 12.4. The molecule has 8 heteroatoms. The molecule has 2 amide bonds. The summed E-state index contributed by atoms with van der Waals surface area (Å²) in [4.78, 5) is 37.8.